The number of nitrogens with one attached hydrogen (secondary N) is 1. The third kappa shape index (κ3) is 3.77. The van der Waals surface area contributed by atoms with Gasteiger partial charge in [0.2, 0.25) is 5.91 Å². The lowest BCUT2D eigenvalue weighted by Gasteiger charge is -2.31. The van der Waals surface area contributed by atoms with E-state index in [0.717, 1.165) is 5.01 Å². The third-order valence-electron chi connectivity index (χ3n) is 4.08. The number of carbonyl (C=O) groups is 1. The Bertz CT molecular complexity index is 822. The van der Waals surface area contributed by atoms with Gasteiger partial charge in [0, 0.05) is 18.4 Å². The Hall–Kier alpha value is -2.28. The molecule has 140 valence electrons. The van der Waals surface area contributed by atoms with Crippen molar-refractivity contribution >= 4 is 16.7 Å². The fourth-order valence-electron chi connectivity index (χ4n) is 3.19. The van der Waals surface area contributed by atoms with E-state index >= 15 is 0 Å². The summed E-state index contributed by atoms with van der Waals surface area (Å²) in [5.74, 6) is -0.0176. The highest BCUT2D eigenvalue weighted by atomic mass is 19.4. The molecule has 3 rings (SSSR count). The van der Waals surface area contributed by atoms with Gasteiger partial charge < -0.3 is 4.74 Å². The molecule has 0 saturated carbocycles. The molecule has 2 aromatic rings. The number of ether oxygens (including phenoxy) is 1. The fourth-order valence-corrected chi connectivity index (χ4v) is 3.19. The van der Waals surface area contributed by atoms with Gasteiger partial charge >= 0.3 is 6.18 Å². The summed E-state index contributed by atoms with van der Waals surface area (Å²) in [7, 11) is 0. The highest BCUT2D eigenvalue weighted by Crippen LogP contribution is 2.43. The van der Waals surface area contributed by atoms with Crippen LogP contribution >= 0.6 is 0 Å². The summed E-state index contributed by atoms with van der Waals surface area (Å²) < 4.78 is 47.8. The first kappa shape index (κ1) is 18.5. The van der Waals surface area contributed by atoms with Gasteiger partial charge in [0.05, 0.1) is 0 Å². The van der Waals surface area contributed by atoms with E-state index in [-0.39, 0.29) is 18.5 Å². The van der Waals surface area contributed by atoms with Gasteiger partial charge in [0.25, 0.3) is 0 Å². The Balaban J connectivity index is 2.20. The number of rotatable bonds is 3. The minimum absolute atomic E-state index is 0.00168. The van der Waals surface area contributed by atoms with Crippen LogP contribution in [0.3, 0.4) is 0 Å². The summed E-state index contributed by atoms with van der Waals surface area (Å²) in [4.78, 5) is 11.5. The number of alkyl halides is 3. The van der Waals surface area contributed by atoms with Gasteiger partial charge in [-0.25, -0.2) is 5.01 Å². The van der Waals surface area contributed by atoms with Crippen LogP contribution < -0.4 is 10.2 Å². The molecule has 1 N–H and O–H groups in total. The summed E-state index contributed by atoms with van der Waals surface area (Å²) >= 11 is 0. The molecule has 1 heterocycles. The predicted molar refractivity (Wildman–Crippen MR) is 92.6 cm³/mol. The van der Waals surface area contributed by atoms with Crippen molar-refractivity contribution in [1.29, 1.82) is 0 Å². The van der Waals surface area contributed by atoms with Crippen LogP contribution in [0.5, 0.6) is 5.75 Å². The summed E-state index contributed by atoms with van der Waals surface area (Å²) in [5, 5.41) is 2.03. The van der Waals surface area contributed by atoms with E-state index in [1.165, 1.54) is 6.07 Å². The molecule has 7 heteroatoms. The number of benzene rings is 2. The number of carbonyl (C=O) groups excluding carboxylic acids is 1. The molecule has 1 aliphatic heterocycles. The number of hydrogen-bond donors (Lipinski definition) is 1. The van der Waals surface area contributed by atoms with Gasteiger partial charge in [-0.15, -0.1) is 0 Å². The zero-order chi connectivity index (χ0) is 19.1. The molecule has 0 aliphatic carbocycles. The summed E-state index contributed by atoms with van der Waals surface area (Å²) in [6.07, 6.45) is -4.51. The van der Waals surface area contributed by atoms with Crippen LogP contribution in [-0.2, 0) is 4.79 Å². The Labute approximate surface area is 149 Å². The average Bonchev–Trinajstić information content (AvgIpc) is 2.90. The topological polar surface area (TPSA) is 41.6 Å². The molecular weight excluding hydrogens is 345 g/mol. The molecule has 0 bridgehead atoms. The minimum Gasteiger partial charge on any atom is -0.487 e. The second-order valence-electron chi connectivity index (χ2n) is 7.34. The van der Waals surface area contributed by atoms with Crippen molar-refractivity contribution in [2.45, 2.75) is 45.0 Å². The van der Waals surface area contributed by atoms with Crippen molar-refractivity contribution in [3.8, 4) is 5.75 Å². The largest absolute Gasteiger partial charge is 0.487 e. The monoisotopic (exact) mass is 366 g/mol. The Morgan fingerprint density at radius 1 is 1.12 bits per heavy atom. The zero-order valence-electron chi connectivity index (χ0n) is 14.9. The first-order chi connectivity index (χ1) is 12.1. The van der Waals surface area contributed by atoms with Gasteiger partial charge in [-0.05, 0) is 37.8 Å². The van der Waals surface area contributed by atoms with Crippen LogP contribution in [-0.4, -0.2) is 29.2 Å². The van der Waals surface area contributed by atoms with Gasteiger partial charge in [0.1, 0.15) is 11.4 Å². The maximum absolute atomic E-state index is 13.9. The molecule has 2 aromatic carbocycles. The third-order valence-corrected chi connectivity index (χ3v) is 4.08. The molecule has 0 aromatic heterocycles. The molecule has 1 aliphatic rings. The van der Waals surface area contributed by atoms with E-state index in [4.69, 9.17) is 4.74 Å². The van der Waals surface area contributed by atoms with Crippen molar-refractivity contribution < 1.29 is 22.7 Å². The zero-order valence-corrected chi connectivity index (χ0v) is 14.9. The lowest BCUT2D eigenvalue weighted by atomic mass is 9.96. The standard InChI is InChI=1S/C19H21F3N2O2/c1-18(2,3)26-14-9-5-7-12-6-4-8-13(16(12)14)17(19(20,21)22)24-11-10-15(25)23-24/h4-9,17H,10-11H2,1-3H3,(H,23,25)/t17-/m0/s1. The van der Waals surface area contributed by atoms with Gasteiger partial charge in [-0.2, -0.15) is 13.2 Å². The minimum atomic E-state index is -4.55. The molecule has 1 atom stereocenters. The van der Waals surface area contributed by atoms with Crippen LogP contribution in [0.1, 0.15) is 38.8 Å². The maximum atomic E-state index is 13.9. The summed E-state index contributed by atoms with van der Waals surface area (Å²) in [6, 6.07) is 8.03. The second kappa shape index (κ2) is 6.46. The lowest BCUT2D eigenvalue weighted by Crippen LogP contribution is -2.43. The van der Waals surface area contributed by atoms with Gasteiger partial charge in [0.15, 0.2) is 6.04 Å². The average molecular weight is 366 g/mol. The first-order valence-electron chi connectivity index (χ1n) is 8.40. The van der Waals surface area contributed by atoms with E-state index in [0.29, 0.717) is 16.5 Å². The number of nitrogens with zero attached hydrogens (tertiary/aromatic N) is 1. The smallest absolute Gasteiger partial charge is 0.409 e. The molecule has 1 amide bonds. The number of hydrazine groups is 1. The molecule has 0 radical (unpaired) electrons. The SMILES string of the molecule is CC(C)(C)Oc1cccc2cccc([C@H](N3CCC(=O)N3)C(F)(F)F)c12. The maximum Gasteiger partial charge on any atom is 0.409 e. The Morgan fingerprint density at radius 2 is 1.77 bits per heavy atom. The number of amides is 1. The van der Waals surface area contributed by atoms with Crippen molar-refractivity contribution in [2.75, 3.05) is 6.54 Å². The highest BCUT2D eigenvalue weighted by Gasteiger charge is 2.47. The van der Waals surface area contributed by atoms with Crippen LogP contribution in [0.15, 0.2) is 36.4 Å². The number of hydrogen-bond acceptors (Lipinski definition) is 3. The Morgan fingerprint density at radius 3 is 2.31 bits per heavy atom. The molecule has 0 unspecified atom stereocenters. The summed E-state index contributed by atoms with van der Waals surface area (Å²) in [5.41, 5.74) is 1.83. The van der Waals surface area contributed by atoms with Gasteiger partial charge in [-0.1, -0.05) is 30.3 Å². The fraction of sp³-hybridized carbons (Fsp3) is 0.421. The van der Waals surface area contributed by atoms with E-state index in [2.05, 4.69) is 5.43 Å². The normalized spacial score (nSPS) is 17.4. The molecule has 1 fully saturated rings. The predicted octanol–water partition coefficient (Wildman–Crippen LogP) is 4.36. The lowest BCUT2D eigenvalue weighted by molar-refractivity contribution is -0.190. The van der Waals surface area contributed by atoms with Crippen molar-refractivity contribution in [2.24, 2.45) is 0 Å². The van der Waals surface area contributed by atoms with Crippen molar-refractivity contribution in [3.05, 3.63) is 42.0 Å². The van der Waals surface area contributed by atoms with E-state index in [9.17, 15) is 18.0 Å². The number of fused-ring (bicyclic) bond motifs is 1. The van der Waals surface area contributed by atoms with Crippen LogP contribution in [0.2, 0.25) is 0 Å². The molecule has 4 nitrogen and oxygen atoms in total. The highest BCUT2D eigenvalue weighted by molar-refractivity contribution is 5.92. The van der Waals surface area contributed by atoms with E-state index < -0.39 is 23.7 Å². The molecule has 26 heavy (non-hydrogen) atoms. The quantitative estimate of drug-likeness (QED) is 0.878. The first-order valence-corrected chi connectivity index (χ1v) is 8.40. The van der Waals surface area contributed by atoms with E-state index in [1.54, 1.807) is 30.3 Å². The van der Waals surface area contributed by atoms with Crippen LogP contribution in [0.4, 0.5) is 13.2 Å². The van der Waals surface area contributed by atoms with Crippen molar-refractivity contribution in [3.63, 3.8) is 0 Å². The van der Waals surface area contributed by atoms with Crippen LogP contribution in [0, 0.1) is 0 Å². The molecule has 1 saturated heterocycles. The van der Waals surface area contributed by atoms with Crippen molar-refractivity contribution in [1.82, 2.24) is 10.4 Å². The molecular formula is C19H21F3N2O2. The summed E-state index contributed by atoms with van der Waals surface area (Å²) in [6.45, 7) is 5.53. The number of halogens is 3. The molecule has 0 spiro atoms. The van der Waals surface area contributed by atoms with Crippen LogP contribution in [0.25, 0.3) is 10.8 Å². The van der Waals surface area contributed by atoms with E-state index in [1.807, 2.05) is 20.8 Å². The van der Waals surface area contributed by atoms with Gasteiger partial charge in [-0.3, -0.25) is 10.2 Å². The second-order valence-corrected chi connectivity index (χ2v) is 7.34. The Kier molecular flexibility index (Phi) is 4.60.